The van der Waals surface area contributed by atoms with Crippen LogP contribution in [0.1, 0.15) is 32.2 Å². The van der Waals surface area contributed by atoms with Gasteiger partial charge >= 0.3 is 0 Å². The van der Waals surface area contributed by atoms with Crippen molar-refractivity contribution in [3.05, 3.63) is 17.5 Å². The Hall–Kier alpha value is -1.01. The fraction of sp³-hybridized carbons (Fsp3) is 0.714. The monoisotopic (exact) mass is 296 g/mol. The molecule has 1 aliphatic rings. The first-order chi connectivity index (χ1) is 9.29. The second-order valence-electron chi connectivity index (χ2n) is 6.50. The largest absolute Gasteiger partial charge is 0.338 e. The molecule has 1 atom stereocenters. The molecule has 1 fully saturated rings. The van der Waals surface area contributed by atoms with E-state index in [1.807, 2.05) is 25.9 Å². The maximum Gasteiger partial charge on any atom is 0.240 e. The molecule has 0 radical (unpaired) electrons. The van der Waals surface area contributed by atoms with Gasteiger partial charge in [0.15, 0.2) is 0 Å². The van der Waals surface area contributed by atoms with Crippen LogP contribution in [-0.2, 0) is 16.8 Å². The first-order valence-electron chi connectivity index (χ1n) is 6.87. The lowest BCUT2D eigenvalue weighted by Crippen LogP contribution is -2.43. The number of nitrogens with one attached hydrogen (secondary N) is 1. The standard InChI is InChI=1S/C14H24N4OS/c1-14(2,3)12-6-10(15-16-12)7-17(4)13(19)11-8-20-9-18(11)5/h6,11H,7-9H2,1-5H3,(H,15,16)/t11-/m0/s1. The molecule has 1 aromatic heterocycles. The maximum absolute atomic E-state index is 12.4. The molecule has 1 aromatic rings. The number of rotatable bonds is 3. The molecule has 0 saturated carbocycles. The second kappa shape index (κ2) is 5.77. The van der Waals surface area contributed by atoms with Crippen molar-refractivity contribution in [3.8, 4) is 0 Å². The summed E-state index contributed by atoms with van der Waals surface area (Å²) in [5.74, 6) is 2.00. The van der Waals surface area contributed by atoms with Crippen molar-refractivity contribution in [1.82, 2.24) is 20.0 Å². The highest BCUT2D eigenvalue weighted by Gasteiger charge is 2.30. The highest BCUT2D eigenvalue weighted by molar-refractivity contribution is 7.99. The molecule has 1 aliphatic heterocycles. The molecule has 6 heteroatoms. The lowest BCUT2D eigenvalue weighted by molar-refractivity contribution is -0.134. The molecule has 0 bridgehead atoms. The van der Waals surface area contributed by atoms with E-state index in [2.05, 4.69) is 41.9 Å². The minimum atomic E-state index is 0.00927. The summed E-state index contributed by atoms with van der Waals surface area (Å²) in [5, 5.41) is 7.37. The Balaban J connectivity index is 1.99. The van der Waals surface area contributed by atoms with E-state index in [9.17, 15) is 4.79 Å². The summed E-state index contributed by atoms with van der Waals surface area (Å²) >= 11 is 1.81. The number of aromatic nitrogens is 2. The van der Waals surface area contributed by atoms with Gasteiger partial charge in [-0.05, 0) is 13.1 Å². The highest BCUT2D eigenvalue weighted by atomic mass is 32.2. The molecule has 1 amide bonds. The molecule has 2 rings (SSSR count). The van der Waals surface area contributed by atoms with Gasteiger partial charge in [-0.1, -0.05) is 20.8 Å². The number of hydrogen-bond donors (Lipinski definition) is 1. The number of nitrogens with zero attached hydrogens (tertiary/aromatic N) is 3. The summed E-state index contributed by atoms with van der Waals surface area (Å²) < 4.78 is 0. The minimum absolute atomic E-state index is 0.00927. The number of carbonyl (C=O) groups is 1. The molecule has 112 valence electrons. The molecule has 20 heavy (non-hydrogen) atoms. The Morgan fingerprint density at radius 1 is 1.60 bits per heavy atom. The van der Waals surface area contributed by atoms with E-state index in [0.717, 1.165) is 23.0 Å². The number of H-pyrrole nitrogens is 1. The van der Waals surface area contributed by atoms with Gasteiger partial charge in [0.2, 0.25) is 5.91 Å². The van der Waals surface area contributed by atoms with Gasteiger partial charge in [0.1, 0.15) is 0 Å². The van der Waals surface area contributed by atoms with Crippen LogP contribution in [0.15, 0.2) is 6.07 Å². The average Bonchev–Trinajstić information content (AvgIpc) is 2.96. The molecule has 0 unspecified atom stereocenters. The molecule has 1 saturated heterocycles. The van der Waals surface area contributed by atoms with Gasteiger partial charge in [0, 0.05) is 24.1 Å². The molecular weight excluding hydrogens is 272 g/mol. The van der Waals surface area contributed by atoms with E-state index < -0.39 is 0 Å². The first-order valence-corrected chi connectivity index (χ1v) is 8.02. The topological polar surface area (TPSA) is 52.2 Å². The van der Waals surface area contributed by atoms with Gasteiger partial charge in [-0.3, -0.25) is 14.8 Å². The Bertz CT molecular complexity index is 480. The number of likely N-dealkylation sites (N-methyl/N-ethyl adjacent to an activating group) is 2. The molecular formula is C14H24N4OS. The molecule has 0 aromatic carbocycles. The van der Waals surface area contributed by atoms with Crippen LogP contribution in [0.4, 0.5) is 0 Å². The Morgan fingerprint density at radius 2 is 2.30 bits per heavy atom. The summed E-state index contributed by atoms with van der Waals surface area (Å²) in [6.45, 7) is 6.97. The van der Waals surface area contributed by atoms with Crippen LogP contribution < -0.4 is 0 Å². The van der Waals surface area contributed by atoms with Crippen molar-refractivity contribution in [2.45, 2.75) is 38.8 Å². The van der Waals surface area contributed by atoms with E-state index in [0.29, 0.717) is 6.54 Å². The lowest BCUT2D eigenvalue weighted by atomic mass is 9.92. The molecule has 2 heterocycles. The fourth-order valence-corrected chi connectivity index (χ4v) is 3.39. The SMILES string of the molecule is CN(Cc1cc(C(C)(C)C)n[nH]1)C(=O)[C@@H]1CSCN1C. The van der Waals surface area contributed by atoms with E-state index in [1.165, 1.54) is 0 Å². The lowest BCUT2D eigenvalue weighted by Gasteiger charge is -2.24. The second-order valence-corrected chi connectivity index (χ2v) is 7.50. The quantitative estimate of drug-likeness (QED) is 0.922. The van der Waals surface area contributed by atoms with Gasteiger partial charge in [-0.2, -0.15) is 5.10 Å². The zero-order valence-corrected chi connectivity index (χ0v) is 13.8. The van der Waals surface area contributed by atoms with Crippen LogP contribution in [-0.4, -0.2) is 57.7 Å². The summed E-state index contributed by atoms with van der Waals surface area (Å²) in [4.78, 5) is 16.3. The van der Waals surface area contributed by atoms with Crippen LogP contribution in [0.2, 0.25) is 0 Å². The smallest absolute Gasteiger partial charge is 0.240 e. The van der Waals surface area contributed by atoms with Crippen LogP contribution >= 0.6 is 11.8 Å². The Kier molecular flexibility index (Phi) is 4.44. The summed E-state index contributed by atoms with van der Waals surface area (Å²) in [6, 6.07) is 2.06. The van der Waals surface area contributed by atoms with Crippen molar-refractivity contribution in [3.63, 3.8) is 0 Å². The summed E-state index contributed by atoms with van der Waals surface area (Å²) in [6.07, 6.45) is 0. The summed E-state index contributed by atoms with van der Waals surface area (Å²) in [5.41, 5.74) is 2.04. The van der Waals surface area contributed by atoms with Crippen molar-refractivity contribution >= 4 is 17.7 Å². The Labute approximate surface area is 125 Å². The number of aromatic amines is 1. The fourth-order valence-electron chi connectivity index (χ4n) is 2.20. The molecule has 5 nitrogen and oxygen atoms in total. The van der Waals surface area contributed by atoms with Gasteiger partial charge in [-0.25, -0.2) is 0 Å². The summed E-state index contributed by atoms with van der Waals surface area (Å²) in [7, 11) is 3.86. The van der Waals surface area contributed by atoms with Gasteiger partial charge < -0.3 is 4.90 Å². The predicted octanol–water partition coefficient (Wildman–Crippen LogP) is 1.67. The van der Waals surface area contributed by atoms with E-state index >= 15 is 0 Å². The van der Waals surface area contributed by atoms with Crippen LogP contribution in [0, 0.1) is 0 Å². The molecule has 0 spiro atoms. The van der Waals surface area contributed by atoms with Crippen molar-refractivity contribution in [2.75, 3.05) is 25.7 Å². The third-order valence-electron chi connectivity index (χ3n) is 3.57. The van der Waals surface area contributed by atoms with Crippen LogP contribution in [0.3, 0.4) is 0 Å². The van der Waals surface area contributed by atoms with Gasteiger partial charge in [-0.15, -0.1) is 11.8 Å². The number of thioether (sulfide) groups is 1. The number of hydrogen-bond acceptors (Lipinski definition) is 4. The third-order valence-corrected chi connectivity index (χ3v) is 4.71. The van der Waals surface area contributed by atoms with Crippen molar-refractivity contribution in [1.29, 1.82) is 0 Å². The van der Waals surface area contributed by atoms with Crippen molar-refractivity contribution < 1.29 is 4.79 Å². The number of amides is 1. The molecule has 0 aliphatic carbocycles. The minimum Gasteiger partial charge on any atom is -0.338 e. The zero-order valence-electron chi connectivity index (χ0n) is 12.9. The van der Waals surface area contributed by atoms with Gasteiger partial charge in [0.25, 0.3) is 0 Å². The zero-order chi connectivity index (χ0) is 14.9. The van der Waals surface area contributed by atoms with Crippen LogP contribution in [0.25, 0.3) is 0 Å². The maximum atomic E-state index is 12.4. The van der Waals surface area contributed by atoms with E-state index in [-0.39, 0.29) is 17.4 Å². The van der Waals surface area contributed by atoms with Crippen molar-refractivity contribution in [2.24, 2.45) is 0 Å². The third kappa shape index (κ3) is 3.35. The molecule has 1 N–H and O–H groups in total. The highest BCUT2D eigenvalue weighted by Crippen LogP contribution is 2.22. The Morgan fingerprint density at radius 3 is 2.80 bits per heavy atom. The van der Waals surface area contributed by atoms with Crippen LogP contribution in [0.5, 0.6) is 0 Å². The first kappa shape index (κ1) is 15.4. The average molecular weight is 296 g/mol. The van der Waals surface area contributed by atoms with Gasteiger partial charge in [0.05, 0.1) is 24.0 Å². The normalized spacial score (nSPS) is 20.4. The van der Waals surface area contributed by atoms with E-state index in [1.54, 1.807) is 4.90 Å². The predicted molar refractivity (Wildman–Crippen MR) is 82.6 cm³/mol. The number of carbonyl (C=O) groups excluding carboxylic acids is 1. The van der Waals surface area contributed by atoms with E-state index in [4.69, 9.17) is 0 Å².